The number of ether oxygens (including phenoxy) is 2. The van der Waals surface area contributed by atoms with Crippen LogP contribution in [0.2, 0.25) is 5.02 Å². The van der Waals surface area contributed by atoms with Crippen molar-refractivity contribution in [2.24, 2.45) is 0 Å². The summed E-state index contributed by atoms with van der Waals surface area (Å²) < 4.78 is 24.8. The molecule has 10 heteroatoms. The van der Waals surface area contributed by atoms with E-state index in [1.165, 1.54) is 13.2 Å². The Kier molecular flexibility index (Phi) is 11.0. The first kappa shape index (κ1) is 27.9. The zero-order valence-corrected chi connectivity index (χ0v) is 21.2. The lowest BCUT2D eigenvalue weighted by molar-refractivity contribution is -0.140. The third-order valence-electron chi connectivity index (χ3n) is 5.29. The number of thioether (sulfide) groups is 1. The number of carbonyl (C=O) groups excluding carboxylic acids is 4. The molecule has 0 heterocycles. The second-order valence-electron chi connectivity index (χ2n) is 7.77. The zero-order valence-electron chi connectivity index (χ0n) is 19.6. The van der Waals surface area contributed by atoms with E-state index in [4.69, 9.17) is 16.3 Å². The van der Waals surface area contributed by atoms with E-state index in [0.717, 1.165) is 44.0 Å². The van der Waals surface area contributed by atoms with Crippen LogP contribution >= 0.6 is 23.4 Å². The van der Waals surface area contributed by atoms with Gasteiger partial charge in [0.1, 0.15) is 5.82 Å². The topological polar surface area (TPSA) is 90.0 Å². The van der Waals surface area contributed by atoms with Crippen molar-refractivity contribution < 1.29 is 33.0 Å². The molecule has 0 aromatic heterocycles. The highest BCUT2D eigenvalue weighted by Crippen LogP contribution is 2.36. The summed E-state index contributed by atoms with van der Waals surface area (Å²) in [6.45, 7) is 3.42. The first-order valence-corrected chi connectivity index (χ1v) is 12.5. The van der Waals surface area contributed by atoms with Crippen LogP contribution < -0.4 is 4.90 Å². The van der Waals surface area contributed by atoms with Crippen LogP contribution in [0.3, 0.4) is 0 Å². The summed E-state index contributed by atoms with van der Waals surface area (Å²) in [5, 5.41) is 0.0272. The normalized spacial score (nSPS) is 13.4. The lowest BCUT2D eigenvalue weighted by Gasteiger charge is -2.25. The molecule has 34 heavy (non-hydrogen) atoms. The molecule has 1 aliphatic carbocycles. The summed E-state index contributed by atoms with van der Waals surface area (Å²) >= 11 is 7.09. The summed E-state index contributed by atoms with van der Waals surface area (Å²) in [5.41, 5.74) is 0.0803. The number of imide groups is 1. The van der Waals surface area contributed by atoms with Crippen LogP contribution in [-0.2, 0) is 28.7 Å². The highest BCUT2D eigenvalue weighted by atomic mass is 35.5. The minimum Gasteiger partial charge on any atom is -0.468 e. The van der Waals surface area contributed by atoms with Crippen LogP contribution in [-0.4, -0.2) is 43.2 Å². The van der Waals surface area contributed by atoms with Crippen molar-refractivity contribution in [2.75, 3.05) is 24.4 Å². The van der Waals surface area contributed by atoms with Gasteiger partial charge in [0, 0.05) is 23.0 Å². The molecule has 7 nitrogen and oxygen atoms in total. The second kappa shape index (κ2) is 13.5. The highest BCUT2D eigenvalue weighted by Gasteiger charge is 2.32. The fraction of sp³-hybridized carbons (Fsp3) is 0.500. The van der Waals surface area contributed by atoms with E-state index in [9.17, 15) is 23.6 Å². The maximum atomic E-state index is 14.9. The number of unbranched alkanes of at least 4 members (excludes halogenated alkanes) is 2. The number of halogens is 2. The number of nitrogens with zero attached hydrogens (tertiary/aromatic N) is 1. The molecule has 186 valence electrons. The molecular formula is C24H29ClFNO6S. The molecule has 2 rings (SSSR count). The van der Waals surface area contributed by atoms with Crippen molar-refractivity contribution in [2.45, 2.75) is 63.7 Å². The first-order valence-electron chi connectivity index (χ1n) is 11.1. The molecule has 0 spiro atoms. The van der Waals surface area contributed by atoms with Gasteiger partial charge in [-0.2, -0.15) is 0 Å². The van der Waals surface area contributed by atoms with Gasteiger partial charge in [-0.3, -0.25) is 14.4 Å². The Morgan fingerprint density at radius 1 is 1.12 bits per heavy atom. The molecule has 0 bridgehead atoms. The average Bonchev–Trinajstić information content (AvgIpc) is 2.81. The zero-order chi connectivity index (χ0) is 25.3. The summed E-state index contributed by atoms with van der Waals surface area (Å²) in [4.78, 5) is 51.1. The van der Waals surface area contributed by atoms with E-state index in [0.29, 0.717) is 29.1 Å². The summed E-state index contributed by atoms with van der Waals surface area (Å²) in [5.74, 6) is -3.54. The van der Waals surface area contributed by atoms with Crippen LogP contribution in [0, 0.1) is 5.82 Å². The van der Waals surface area contributed by atoms with Crippen LogP contribution in [0.4, 0.5) is 10.1 Å². The smallest absolute Gasteiger partial charge is 0.334 e. The Balaban J connectivity index is 2.40. The Bertz CT molecular complexity index is 980. The predicted molar refractivity (Wildman–Crippen MR) is 128 cm³/mol. The minimum absolute atomic E-state index is 0.0272. The average molecular weight is 514 g/mol. The van der Waals surface area contributed by atoms with Crippen LogP contribution in [0.1, 0.15) is 58.8 Å². The monoisotopic (exact) mass is 513 g/mol. The van der Waals surface area contributed by atoms with E-state index in [1.54, 1.807) is 0 Å². The molecule has 1 aromatic rings. The van der Waals surface area contributed by atoms with E-state index in [-0.39, 0.29) is 40.6 Å². The van der Waals surface area contributed by atoms with E-state index < -0.39 is 29.6 Å². The van der Waals surface area contributed by atoms with Crippen molar-refractivity contribution in [3.8, 4) is 0 Å². The molecule has 1 aromatic carbocycles. The first-order chi connectivity index (χ1) is 16.2. The van der Waals surface area contributed by atoms with Gasteiger partial charge in [0.2, 0.25) is 5.91 Å². The van der Waals surface area contributed by atoms with Crippen LogP contribution in [0.15, 0.2) is 28.2 Å². The molecular weight excluding hydrogens is 485 g/mol. The molecule has 1 aliphatic rings. The molecule has 0 saturated heterocycles. The Morgan fingerprint density at radius 2 is 1.79 bits per heavy atom. The summed E-state index contributed by atoms with van der Waals surface area (Å²) in [6, 6.07) is 2.23. The van der Waals surface area contributed by atoms with Crippen LogP contribution in [0.25, 0.3) is 0 Å². The molecule has 0 saturated carbocycles. The third-order valence-corrected chi connectivity index (χ3v) is 6.74. The van der Waals surface area contributed by atoms with Gasteiger partial charge in [0.25, 0.3) is 5.91 Å². The van der Waals surface area contributed by atoms with Crippen molar-refractivity contribution >= 4 is 52.8 Å². The van der Waals surface area contributed by atoms with E-state index in [2.05, 4.69) is 4.74 Å². The lowest BCUT2D eigenvalue weighted by Crippen LogP contribution is -2.38. The van der Waals surface area contributed by atoms with E-state index in [1.807, 2.05) is 6.92 Å². The van der Waals surface area contributed by atoms with Crippen molar-refractivity contribution in [3.63, 3.8) is 0 Å². The Labute approximate surface area is 208 Å². The number of methoxy groups -OCH3 is 1. The molecule has 0 aliphatic heterocycles. The predicted octanol–water partition coefficient (Wildman–Crippen LogP) is 5.23. The van der Waals surface area contributed by atoms with Gasteiger partial charge >= 0.3 is 11.9 Å². The summed E-state index contributed by atoms with van der Waals surface area (Å²) in [6.07, 6.45) is 4.61. The fourth-order valence-corrected chi connectivity index (χ4v) is 4.62. The maximum Gasteiger partial charge on any atom is 0.334 e. The van der Waals surface area contributed by atoms with Crippen molar-refractivity contribution in [1.82, 2.24) is 0 Å². The molecule has 0 fully saturated rings. The van der Waals surface area contributed by atoms with Crippen molar-refractivity contribution in [1.29, 1.82) is 0 Å². The number of rotatable bonds is 10. The number of hydrogen-bond donors (Lipinski definition) is 0. The molecule has 0 radical (unpaired) electrons. The highest BCUT2D eigenvalue weighted by molar-refractivity contribution is 8.00. The number of amides is 2. The number of carbonyl (C=O) groups is 4. The molecule has 0 N–H and O–H groups in total. The maximum absolute atomic E-state index is 14.9. The molecule has 2 amide bonds. The van der Waals surface area contributed by atoms with Gasteiger partial charge in [0.15, 0.2) is 0 Å². The second-order valence-corrected chi connectivity index (χ2v) is 9.19. The number of benzene rings is 1. The standard InChI is InChI=1S/C24H29ClFNO6S/c1-4-5-8-11-33-24(31)17-10-7-6-9-16(17)23(30)27(15(2)28)20-13-21(18(25)12-19(20)26)34-14-22(29)32-3/h12-13H,4-11,14H2,1-3H3. The third kappa shape index (κ3) is 7.30. The van der Waals surface area contributed by atoms with Gasteiger partial charge in [-0.25, -0.2) is 14.1 Å². The number of anilines is 1. The van der Waals surface area contributed by atoms with Gasteiger partial charge in [-0.1, -0.05) is 31.4 Å². The molecule has 0 atom stereocenters. The number of hydrogen-bond acceptors (Lipinski definition) is 7. The lowest BCUT2D eigenvalue weighted by atomic mass is 9.90. The fourth-order valence-electron chi connectivity index (χ4n) is 3.52. The van der Waals surface area contributed by atoms with Gasteiger partial charge in [-0.15, -0.1) is 11.8 Å². The Morgan fingerprint density at radius 3 is 2.41 bits per heavy atom. The van der Waals surface area contributed by atoms with E-state index >= 15 is 0 Å². The largest absolute Gasteiger partial charge is 0.468 e. The van der Waals surface area contributed by atoms with Crippen LogP contribution in [0.5, 0.6) is 0 Å². The SMILES string of the molecule is CCCCCOC(=O)C1=C(C(=O)N(C(C)=O)c2cc(SCC(=O)OC)c(Cl)cc2F)CCCC1. The Hall–Kier alpha value is -2.39. The van der Waals surface area contributed by atoms with Gasteiger partial charge in [0.05, 0.1) is 30.2 Å². The van der Waals surface area contributed by atoms with Crippen molar-refractivity contribution in [3.05, 3.63) is 34.1 Å². The van der Waals surface area contributed by atoms with Gasteiger partial charge in [-0.05, 0) is 44.2 Å². The minimum atomic E-state index is -0.879. The number of esters is 2. The quantitative estimate of drug-likeness (QED) is 0.240. The summed E-state index contributed by atoms with van der Waals surface area (Å²) in [7, 11) is 1.24. The molecule has 0 unspecified atom stereocenters. The van der Waals surface area contributed by atoms with Gasteiger partial charge < -0.3 is 9.47 Å².